The van der Waals surface area contributed by atoms with E-state index < -0.39 is 16.1 Å². The van der Waals surface area contributed by atoms with Crippen LogP contribution < -0.4 is 4.72 Å². The van der Waals surface area contributed by atoms with E-state index in [0.717, 1.165) is 4.88 Å². The van der Waals surface area contributed by atoms with Crippen LogP contribution >= 0.6 is 11.3 Å². The molecule has 0 aliphatic carbocycles. The summed E-state index contributed by atoms with van der Waals surface area (Å²) in [5.74, 6) is 0. The number of rotatable bonds is 8. The summed E-state index contributed by atoms with van der Waals surface area (Å²) in [6.45, 7) is 0.131. The van der Waals surface area contributed by atoms with Crippen LogP contribution in [0.15, 0.2) is 34.8 Å². The van der Waals surface area contributed by atoms with Gasteiger partial charge in [-0.15, -0.1) is 11.3 Å². The first-order valence-corrected chi connectivity index (χ1v) is 8.63. The number of thiophene rings is 1. The predicted molar refractivity (Wildman–Crippen MR) is 78.5 cm³/mol. The van der Waals surface area contributed by atoms with Crippen LogP contribution in [-0.2, 0) is 21.8 Å². The Hall–Kier alpha value is -1.26. The van der Waals surface area contributed by atoms with E-state index in [9.17, 15) is 8.42 Å². The maximum absolute atomic E-state index is 12.1. The van der Waals surface area contributed by atoms with Crippen molar-refractivity contribution in [2.24, 2.45) is 7.05 Å². The smallest absolute Gasteiger partial charge is 0.243 e. The molecule has 0 amide bonds. The number of aromatic nitrogens is 2. The molecule has 0 aromatic carbocycles. The zero-order chi connectivity index (χ0) is 15.3. The van der Waals surface area contributed by atoms with Crippen molar-refractivity contribution in [2.45, 2.75) is 11.0 Å². The average Bonchev–Trinajstić information content (AvgIpc) is 3.10. The van der Waals surface area contributed by atoms with Crippen molar-refractivity contribution < 1.29 is 18.3 Å². The number of sulfonamides is 1. The third kappa shape index (κ3) is 4.35. The van der Waals surface area contributed by atoms with Crippen LogP contribution in [0.3, 0.4) is 0 Å². The number of nitrogens with one attached hydrogen (secondary N) is 1. The Labute approximate surface area is 127 Å². The highest BCUT2D eigenvalue weighted by Gasteiger charge is 2.20. The SMILES string of the molecule is Cn1cc(S(=O)(=O)NC[C@H](OCCO)c2cccs2)cn1. The molecule has 7 nitrogen and oxygen atoms in total. The molecular formula is C12H17N3O4S2. The van der Waals surface area contributed by atoms with E-state index in [1.165, 1.54) is 28.4 Å². The van der Waals surface area contributed by atoms with Crippen LogP contribution in [0.5, 0.6) is 0 Å². The second-order valence-electron chi connectivity index (χ2n) is 4.30. The van der Waals surface area contributed by atoms with Crippen LogP contribution in [-0.4, -0.2) is 43.1 Å². The average molecular weight is 331 g/mol. The summed E-state index contributed by atoms with van der Waals surface area (Å²) in [4.78, 5) is 1.01. The predicted octanol–water partition coefficient (Wildman–Crippen LogP) is 0.510. The Kier molecular flexibility index (Phi) is 5.48. The van der Waals surface area contributed by atoms with Crippen LogP contribution in [0.25, 0.3) is 0 Å². The van der Waals surface area contributed by atoms with Crippen molar-refractivity contribution in [3.05, 3.63) is 34.8 Å². The van der Waals surface area contributed by atoms with E-state index >= 15 is 0 Å². The third-order valence-electron chi connectivity index (χ3n) is 2.72. The number of aliphatic hydroxyl groups is 1. The third-order valence-corrected chi connectivity index (χ3v) is 5.06. The van der Waals surface area contributed by atoms with Gasteiger partial charge >= 0.3 is 0 Å². The zero-order valence-corrected chi connectivity index (χ0v) is 13.1. The minimum atomic E-state index is -3.62. The van der Waals surface area contributed by atoms with Crippen LogP contribution in [0.2, 0.25) is 0 Å². The van der Waals surface area contributed by atoms with E-state index in [-0.39, 0.29) is 24.7 Å². The first kappa shape index (κ1) is 16.1. The van der Waals surface area contributed by atoms with Crippen LogP contribution in [0.1, 0.15) is 11.0 Å². The Bertz CT molecular complexity index is 652. The molecule has 0 saturated carbocycles. The molecule has 2 heterocycles. The highest BCUT2D eigenvalue weighted by molar-refractivity contribution is 7.89. The molecule has 1 atom stereocenters. The highest BCUT2D eigenvalue weighted by Crippen LogP contribution is 2.22. The van der Waals surface area contributed by atoms with Gasteiger partial charge in [0.2, 0.25) is 10.0 Å². The maximum atomic E-state index is 12.1. The molecule has 2 aromatic rings. The lowest BCUT2D eigenvalue weighted by Gasteiger charge is -2.16. The number of aryl methyl sites for hydroxylation is 1. The van der Waals surface area contributed by atoms with Gasteiger partial charge in [-0.2, -0.15) is 5.10 Å². The number of aliphatic hydroxyl groups excluding tert-OH is 1. The largest absolute Gasteiger partial charge is 0.394 e. The molecule has 0 aliphatic rings. The molecule has 0 bridgehead atoms. The Morgan fingerprint density at radius 2 is 2.38 bits per heavy atom. The van der Waals surface area contributed by atoms with E-state index in [4.69, 9.17) is 9.84 Å². The molecule has 0 aliphatic heterocycles. The first-order chi connectivity index (χ1) is 10.0. The fourth-order valence-electron chi connectivity index (χ4n) is 1.72. The van der Waals surface area contributed by atoms with Gasteiger partial charge in [0.15, 0.2) is 0 Å². The number of hydrogen-bond acceptors (Lipinski definition) is 6. The van der Waals surface area contributed by atoms with E-state index in [1.54, 1.807) is 7.05 Å². The van der Waals surface area contributed by atoms with Crippen molar-refractivity contribution in [3.8, 4) is 0 Å². The molecule has 0 radical (unpaired) electrons. The van der Waals surface area contributed by atoms with E-state index in [0.29, 0.717) is 0 Å². The Morgan fingerprint density at radius 3 is 2.95 bits per heavy atom. The number of ether oxygens (including phenoxy) is 1. The lowest BCUT2D eigenvalue weighted by atomic mass is 10.3. The molecule has 2 aromatic heterocycles. The second-order valence-corrected chi connectivity index (χ2v) is 7.05. The molecule has 116 valence electrons. The quantitative estimate of drug-likeness (QED) is 0.735. The highest BCUT2D eigenvalue weighted by atomic mass is 32.2. The minimum absolute atomic E-state index is 0.0950. The fourth-order valence-corrected chi connectivity index (χ4v) is 3.51. The summed E-state index contributed by atoms with van der Waals surface area (Å²) in [6.07, 6.45) is 2.29. The fraction of sp³-hybridized carbons (Fsp3) is 0.417. The van der Waals surface area contributed by atoms with Crippen molar-refractivity contribution >= 4 is 21.4 Å². The summed E-state index contributed by atoms with van der Waals surface area (Å²) < 4.78 is 33.7. The molecule has 9 heteroatoms. The van der Waals surface area contributed by atoms with Crippen molar-refractivity contribution in [2.75, 3.05) is 19.8 Å². The maximum Gasteiger partial charge on any atom is 0.243 e. The van der Waals surface area contributed by atoms with Gasteiger partial charge in [-0.25, -0.2) is 13.1 Å². The number of nitrogens with zero attached hydrogens (tertiary/aromatic N) is 2. The van der Waals surface area contributed by atoms with E-state index in [1.807, 2.05) is 17.5 Å². The van der Waals surface area contributed by atoms with Gasteiger partial charge in [0.25, 0.3) is 0 Å². The number of hydrogen-bond donors (Lipinski definition) is 2. The van der Waals surface area contributed by atoms with Crippen molar-refractivity contribution in [1.29, 1.82) is 0 Å². The van der Waals surface area contributed by atoms with Crippen molar-refractivity contribution in [3.63, 3.8) is 0 Å². The topological polar surface area (TPSA) is 93.5 Å². The Morgan fingerprint density at radius 1 is 1.57 bits per heavy atom. The second kappa shape index (κ2) is 7.14. The van der Waals surface area contributed by atoms with Gasteiger partial charge in [-0.3, -0.25) is 4.68 Å². The lowest BCUT2D eigenvalue weighted by molar-refractivity contribution is 0.0328. The van der Waals surface area contributed by atoms with Crippen LogP contribution in [0.4, 0.5) is 0 Å². The van der Waals surface area contributed by atoms with Gasteiger partial charge in [0.1, 0.15) is 11.0 Å². The molecule has 0 fully saturated rings. The summed E-state index contributed by atoms with van der Waals surface area (Å²) >= 11 is 1.47. The summed E-state index contributed by atoms with van der Waals surface area (Å²) in [5, 5.41) is 14.6. The molecule has 0 saturated heterocycles. The van der Waals surface area contributed by atoms with Crippen molar-refractivity contribution in [1.82, 2.24) is 14.5 Å². The van der Waals surface area contributed by atoms with Gasteiger partial charge in [0.05, 0.1) is 19.4 Å². The normalized spacial score (nSPS) is 13.4. The first-order valence-electron chi connectivity index (χ1n) is 6.27. The van der Waals surface area contributed by atoms with Gasteiger partial charge in [-0.05, 0) is 11.4 Å². The summed E-state index contributed by atoms with van der Waals surface area (Å²) in [7, 11) is -1.97. The monoisotopic (exact) mass is 331 g/mol. The van der Waals surface area contributed by atoms with E-state index in [2.05, 4.69) is 9.82 Å². The van der Waals surface area contributed by atoms with Gasteiger partial charge < -0.3 is 9.84 Å². The van der Waals surface area contributed by atoms with Crippen LogP contribution in [0, 0.1) is 0 Å². The zero-order valence-electron chi connectivity index (χ0n) is 11.5. The Balaban J connectivity index is 2.04. The molecule has 0 spiro atoms. The molecule has 2 rings (SSSR count). The lowest BCUT2D eigenvalue weighted by Crippen LogP contribution is -2.29. The molecule has 21 heavy (non-hydrogen) atoms. The summed E-state index contributed by atoms with van der Waals surface area (Å²) in [6, 6.07) is 3.73. The van der Waals surface area contributed by atoms with Gasteiger partial charge in [0, 0.05) is 24.7 Å². The van der Waals surface area contributed by atoms with Gasteiger partial charge in [-0.1, -0.05) is 6.07 Å². The molecule has 2 N–H and O–H groups in total. The summed E-state index contributed by atoms with van der Waals surface area (Å²) in [5.41, 5.74) is 0. The molecular weight excluding hydrogens is 314 g/mol. The molecule has 0 unspecified atom stereocenters. The standard InChI is InChI=1S/C12H17N3O4S2/c1-15-9-10(7-13-15)21(17,18)14-8-11(19-5-4-16)12-3-2-6-20-12/h2-3,6-7,9,11,14,16H,4-5,8H2,1H3/t11-/m0/s1. The minimum Gasteiger partial charge on any atom is -0.394 e.